The average Bonchev–Trinajstić information content (AvgIpc) is 3.13. The van der Waals surface area contributed by atoms with Crippen LogP contribution in [0.25, 0.3) is 6.08 Å². The van der Waals surface area contributed by atoms with E-state index in [1.54, 1.807) is 12.2 Å². The van der Waals surface area contributed by atoms with Crippen molar-refractivity contribution in [1.82, 2.24) is 5.01 Å². The van der Waals surface area contributed by atoms with Crippen LogP contribution in [0.1, 0.15) is 11.1 Å². The number of hydrazone groups is 1. The Bertz CT molecular complexity index is 1090. The van der Waals surface area contributed by atoms with Crippen molar-refractivity contribution in [2.45, 2.75) is 6.92 Å². The summed E-state index contributed by atoms with van der Waals surface area (Å²) in [5.74, 6) is 0.347. The maximum absolute atomic E-state index is 12.4. The van der Waals surface area contributed by atoms with E-state index in [0.717, 1.165) is 16.9 Å². The second-order valence-corrected chi connectivity index (χ2v) is 7.40. The van der Waals surface area contributed by atoms with E-state index >= 15 is 0 Å². The number of hydrogen-bond acceptors (Lipinski definition) is 5. The highest BCUT2D eigenvalue weighted by Crippen LogP contribution is 2.28. The Hall–Kier alpha value is -3.45. The van der Waals surface area contributed by atoms with E-state index in [1.165, 1.54) is 16.8 Å². The molecule has 0 atom stereocenters. The fourth-order valence-electron chi connectivity index (χ4n) is 2.79. The minimum atomic E-state index is -0.442. The largest absolute Gasteiger partial charge is 0.486 e. The molecule has 29 heavy (non-hydrogen) atoms. The number of amidine groups is 2. The van der Waals surface area contributed by atoms with E-state index in [0.29, 0.717) is 10.2 Å². The number of nitrogens with zero attached hydrogens (tertiary/aromatic N) is 3. The highest BCUT2D eigenvalue weighted by Gasteiger charge is 2.35. The predicted octanol–water partition coefficient (Wildman–Crippen LogP) is 4.25. The first-order valence-corrected chi connectivity index (χ1v) is 9.83. The molecule has 0 saturated carbocycles. The number of benzene rings is 2. The van der Waals surface area contributed by atoms with Gasteiger partial charge in [-0.15, -0.1) is 0 Å². The Kier molecular flexibility index (Phi) is 5.39. The number of rotatable bonds is 5. The summed E-state index contributed by atoms with van der Waals surface area (Å²) in [6.45, 7) is 2.22. The Labute approximate surface area is 172 Å². The topological polar surface area (TPSA) is 78.1 Å². The van der Waals surface area contributed by atoms with E-state index in [1.807, 2.05) is 67.6 Å². The molecule has 0 unspecified atom stereocenters. The summed E-state index contributed by atoms with van der Waals surface area (Å²) in [4.78, 5) is 16.4. The minimum Gasteiger partial charge on any atom is -0.486 e. The Morgan fingerprint density at radius 2 is 1.90 bits per heavy atom. The molecule has 0 aromatic heterocycles. The number of fused-ring (bicyclic) bond motifs is 1. The van der Waals surface area contributed by atoms with Gasteiger partial charge in [0, 0.05) is 0 Å². The van der Waals surface area contributed by atoms with Crippen molar-refractivity contribution in [3.63, 3.8) is 0 Å². The highest BCUT2D eigenvalue weighted by molar-refractivity contribution is 8.27. The van der Waals surface area contributed by atoms with Gasteiger partial charge in [0.2, 0.25) is 5.17 Å². The Balaban J connectivity index is 1.47. The second-order valence-electron chi connectivity index (χ2n) is 6.36. The van der Waals surface area contributed by atoms with Gasteiger partial charge in [0.05, 0.1) is 5.57 Å². The van der Waals surface area contributed by atoms with Crippen molar-refractivity contribution in [3.05, 3.63) is 83.4 Å². The van der Waals surface area contributed by atoms with E-state index in [-0.39, 0.29) is 18.0 Å². The molecule has 0 aliphatic carbocycles. The maximum atomic E-state index is 12.4. The molecule has 1 N–H and O–H groups in total. The molecule has 2 heterocycles. The smallest absolute Gasteiger partial charge is 0.283 e. The second kappa shape index (κ2) is 8.28. The molecule has 6 nitrogen and oxygen atoms in total. The zero-order valence-electron chi connectivity index (χ0n) is 15.7. The summed E-state index contributed by atoms with van der Waals surface area (Å²) in [5.41, 5.74) is 2.24. The van der Waals surface area contributed by atoms with Gasteiger partial charge >= 0.3 is 0 Å². The van der Waals surface area contributed by atoms with Gasteiger partial charge in [-0.05, 0) is 42.0 Å². The molecular weight excluding hydrogens is 384 g/mol. The lowest BCUT2D eigenvalue weighted by atomic mass is 10.1. The van der Waals surface area contributed by atoms with Crippen molar-refractivity contribution in [1.29, 1.82) is 5.41 Å². The number of thioether (sulfide) groups is 1. The molecule has 1 amide bonds. The quantitative estimate of drug-likeness (QED) is 0.759. The van der Waals surface area contributed by atoms with E-state index in [9.17, 15) is 4.79 Å². The third-order valence-electron chi connectivity index (χ3n) is 4.29. The minimum absolute atomic E-state index is 0.0103. The summed E-state index contributed by atoms with van der Waals surface area (Å²) in [7, 11) is 0. The zero-order valence-corrected chi connectivity index (χ0v) is 16.5. The number of ether oxygens (including phenoxy) is 1. The molecule has 0 spiro atoms. The number of amides is 1. The third kappa shape index (κ3) is 4.20. The summed E-state index contributed by atoms with van der Waals surface area (Å²) < 4.78 is 5.82. The van der Waals surface area contributed by atoms with Crippen LogP contribution in [0.15, 0.2) is 82.4 Å². The molecule has 2 aromatic carbocycles. The normalized spacial score (nSPS) is 17.6. The summed E-state index contributed by atoms with van der Waals surface area (Å²) in [6, 6.07) is 17.5. The molecule has 0 radical (unpaired) electrons. The first kappa shape index (κ1) is 18.9. The first-order chi connectivity index (χ1) is 14.1. The van der Waals surface area contributed by atoms with Crippen LogP contribution in [0, 0.1) is 12.3 Å². The number of aliphatic imine (C=N–C) groups is 1. The number of para-hydroxylation sites is 1. The number of aryl methyl sites for hydroxylation is 1. The van der Waals surface area contributed by atoms with E-state index in [2.05, 4.69) is 10.1 Å². The Morgan fingerprint density at radius 1 is 1.14 bits per heavy atom. The molecule has 0 bridgehead atoms. The summed E-state index contributed by atoms with van der Waals surface area (Å²) in [5, 5.41) is 15.2. The van der Waals surface area contributed by atoms with Crippen molar-refractivity contribution in [2.24, 2.45) is 10.1 Å². The zero-order chi connectivity index (χ0) is 20.2. The lowest BCUT2D eigenvalue weighted by molar-refractivity contribution is -0.114. The summed E-state index contributed by atoms with van der Waals surface area (Å²) in [6.07, 6.45) is 5.21. The lowest BCUT2D eigenvalue weighted by Crippen LogP contribution is -2.35. The third-order valence-corrected chi connectivity index (χ3v) is 5.17. The van der Waals surface area contributed by atoms with Crippen LogP contribution in [0.3, 0.4) is 0 Å². The average molecular weight is 402 g/mol. The van der Waals surface area contributed by atoms with Gasteiger partial charge in [-0.3, -0.25) is 10.2 Å². The fraction of sp³-hybridized carbons (Fsp3) is 0.0909. The molecule has 2 aliphatic heterocycles. The van der Waals surface area contributed by atoms with Gasteiger partial charge < -0.3 is 4.74 Å². The van der Waals surface area contributed by atoms with Crippen LogP contribution in [-0.4, -0.2) is 33.6 Å². The van der Waals surface area contributed by atoms with Gasteiger partial charge in [0.25, 0.3) is 5.91 Å². The van der Waals surface area contributed by atoms with E-state index < -0.39 is 5.91 Å². The van der Waals surface area contributed by atoms with Crippen molar-refractivity contribution >= 4 is 39.8 Å². The number of nitrogens with one attached hydrogen (secondary N) is 1. The van der Waals surface area contributed by atoms with Crippen LogP contribution < -0.4 is 4.74 Å². The van der Waals surface area contributed by atoms with Crippen molar-refractivity contribution in [3.8, 4) is 5.75 Å². The predicted molar refractivity (Wildman–Crippen MR) is 117 cm³/mol. The van der Waals surface area contributed by atoms with Crippen LogP contribution in [-0.2, 0) is 4.79 Å². The maximum Gasteiger partial charge on any atom is 0.283 e. The van der Waals surface area contributed by atoms with Crippen LogP contribution >= 0.6 is 11.8 Å². The monoisotopic (exact) mass is 402 g/mol. The van der Waals surface area contributed by atoms with Crippen LogP contribution in [0.2, 0.25) is 0 Å². The molecule has 7 heteroatoms. The number of allylic oxidation sites excluding steroid dienone is 2. The van der Waals surface area contributed by atoms with Gasteiger partial charge in [-0.1, -0.05) is 60.7 Å². The SMILES string of the molecule is Cc1ccccc1OCC1=NN2C(=N)/C(=C/C=C/c3ccccc3)C(=O)N=C2S1. The molecule has 4 rings (SSSR count). The number of hydrogen-bond donors (Lipinski definition) is 1. The first-order valence-electron chi connectivity index (χ1n) is 9.01. The van der Waals surface area contributed by atoms with Gasteiger partial charge in [-0.2, -0.15) is 15.1 Å². The lowest BCUT2D eigenvalue weighted by Gasteiger charge is -2.19. The molecule has 0 saturated heterocycles. The standard InChI is InChI=1S/C22H18N4O2S/c1-15-8-5-6-13-18(15)28-14-19-25-26-20(23)17(21(27)24-22(26)29-19)12-7-11-16-9-3-2-4-10-16/h2-13,23H,14H2,1H3/b11-7+,17-12-,23-20?. The molecular formula is C22H18N4O2S. The molecule has 2 aliphatic rings. The number of carbonyl (C=O) groups excluding carboxylic acids is 1. The van der Waals surface area contributed by atoms with E-state index in [4.69, 9.17) is 10.1 Å². The van der Waals surface area contributed by atoms with Gasteiger partial charge in [0.1, 0.15) is 17.4 Å². The molecule has 0 fully saturated rings. The number of carbonyl (C=O) groups is 1. The van der Waals surface area contributed by atoms with Crippen molar-refractivity contribution < 1.29 is 9.53 Å². The van der Waals surface area contributed by atoms with Gasteiger partial charge in [0.15, 0.2) is 5.84 Å². The highest BCUT2D eigenvalue weighted by atomic mass is 32.2. The van der Waals surface area contributed by atoms with Crippen molar-refractivity contribution in [2.75, 3.05) is 6.61 Å². The fourth-order valence-corrected chi connectivity index (χ4v) is 3.59. The molecule has 2 aromatic rings. The molecule has 144 valence electrons. The van der Waals surface area contributed by atoms with Crippen LogP contribution in [0.5, 0.6) is 5.75 Å². The van der Waals surface area contributed by atoms with Crippen LogP contribution in [0.4, 0.5) is 0 Å². The van der Waals surface area contributed by atoms with Gasteiger partial charge in [-0.25, -0.2) is 0 Å². The Morgan fingerprint density at radius 3 is 2.69 bits per heavy atom. The summed E-state index contributed by atoms with van der Waals surface area (Å²) >= 11 is 1.24.